The quantitative estimate of drug-likeness (QED) is 0.136. The van der Waals surface area contributed by atoms with Crippen LogP contribution in [0.5, 0.6) is 0 Å². The lowest BCUT2D eigenvalue weighted by atomic mass is 9.75. The number of thiophene rings is 1. The Morgan fingerprint density at radius 3 is 1.96 bits per heavy atom. The number of fused-ring (bicyclic) bond motifs is 12. The second-order valence-electron chi connectivity index (χ2n) is 13.7. The van der Waals surface area contributed by atoms with Crippen LogP contribution < -0.4 is 31.7 Å². The highest BCUT2D eigenvalue weighted by Crippen LogP contribution is 2.61. The van der Waals surface area contributed by atoms with Crippen molar-refractivity contribution in [2.75, 3.05) is 4.67 Å². The van der Waals surface area contributed by atoms with Crippen molar-refractivity contribution < 1.29 is 0 Å². The highest BCUT2D eigenvalue weighted by atomic mass is 32.1. The van der Waals surface area contributed by atoms with Crippen LogP contribution in [-0.4, -0.2) is 33.5 Å². The van der Waals surface area contributed by atoms with Crippen LogP contribution in [0.3, 0.4) is 0 Å². The van der Waals surface area contributed by atoms with Gasteiger partial charge in [0, 0.05) is 37.0 Å². The van der Waals surface area contributed by atoms with Gasteiger partial charge in [-0.1, -0.05) is 144 Å². The minimum absolute atomic E-state index is 0.473. The Morgan fingerprint density at radius 2 is 1.19 bits per heavy atom. The van der Waals surface area contributed by atoms with Crippen LogP contribution in [0.1, 0.15) is 0 Å². The van der Waals surface area contributed by atoms with Gasteiger partial charge in [-0.2, -0.15) is 0 Å². The second kappa shape index (κ2) is 12.1. The van der Waals surface area contributed by atoms with Crippen LogP contribution in [0.25, 0.3) is 75.0 Å². The number of rotatable bonds is 3. The molecule has 244 valence electrons. The minimum atomic E-state index is -1.26. The Balaban J connectivity index is 1.36. The zero-order valence-corrected chi connectivity index (χ0v) is 30.6. The molecule has 0 N–H and O–H groups in total. The lowest BCUT2D eigenvalue weighted by Crippen LogP contribution is -2.32. The molecule has 0 spiro atoms. The van der Waals surface area contributed by atoms with Crippen LogP contribution in [0.4, 0.5) is 11.6 Å². The number of para-hydroxylation sites is 1. The van der Waals surface area contributed by atoms with Gasteiger partial charge in [-0.3, -0.25) is 4.67 Å². The fraction of sp³-hybridized carbons (Fsp3) is 0. The van der Waals surface area contributed by atoms with Crippen molar-refractivity contribution in [3.05, 3.63) is 152 Å². The summed E-state index contributed by atoms with van der Waals surface area (Å²) in [4.78, 5) is 11.0. The van der Waals surface area contributed by atoms with Gasteiger partial charge in [0.25, 0.3) is 0 Å². The molecule has 0 saturated heterocycles. The maximum atomic E-state index is 6.74. The third-order valence-electron chi connectivity index (χ3n) is 10.5. The Bertz CT molecular complexity index is 3160. The predicted molar refractivity (Wildman–Crippen MR) is 236 cm³/mol. The first-order chi connectivity index (χ1) is 26.5. The van der Waals surface area contributed by atoms with E-state index in [2.05, 4.69) is 120 Å². The van der Waals surface area contributed by atoms with Crippen molar-refractivity contribution in [2.45, 2.75) is 0 Å². The average Bonchev–Trinajstić information content (AvgIpc) is 3.59. The van der Waals surface area contributed by atoms with Crippen LogP contribution in [0.2, 0.25) is 0 Å². The number of nitrogens with zero attached hydrogens (tertiary/aromatic N) is 3. The van der Waals surface area contributed by atoms with E-state index in [0.29, 0.717) is 33.6 Å². The van der Waals surface area contributed by atoms with Crippen molar-refractivity contribution in [3.8, 4) is 22.4 Å². The molecule has 54 heavy (non-hydrogen) atoms. The standard InChI is InChI=1S/C46H25B3N3PS/c47-28-24-35(48)42(36(49)25-28)43-32-18-8-10-20-37(32)50-46(51-43)52-44-40(30-16-6-7-17-31(30)41-33-19-9-11-21-39(33)54-45(41)44)34-22-26-12-4-5-13-27(26)23-38(34)53(52)29-14-2-1-3-15-29/h1-25H. The van der Waals surface area contributed by atoms with E-state index in [1.54, 1.807) is 12.1 Å². The number of anilines is 2. The molecule has 1 aliphatic heterocycles. The van der Waals surface area contributed by atoms with E-state index in [9.17, 15) is 0 Å². The summed E-state index contributed by atoms with van der Waals surface area (Å²) in [6, 6.07) is 53.5. The second-order valence-corrected chi connectivity index (χ2v) is 16.8. The Morgan fingerprint density at radius 1 is 0.556 bits per heavy atom. The number of hydrogen-bond acceptors (Lipinski definition) is 4. The molecule has 0 saturated carbocycles. The van der Waals surface area contributed by atoms with Crippen LogP contribution in [0.15, 0.2) is 152 Å². The molecule has 0 aliphatic carbocycles. The average molecular weight is 715 g/mol. The predicted octanol–water partition coefficient (Wildman–Crippen LogP) is 8.52. The Hall–Kier alpha value is -5.74. The van der Waals surface area contributed by atoms with Gasteiger partial charge in [-0.25, -0.2) is 9.97 Å². The molecule has 1 atom stereocenters. The summed E-state index contributed by atoms with van der Waals surface area (Å²) in [5.74, 6) is 0.586. The van der Waals surface area contributed by atoms with E-state index >= 15 is 0 Å². The maximum absolute atomic E-state index is 6.74. The molecule has 0 amide bonds. The van der Waals surface area contributed by atoms with E-state index in [1.807, 2.05) is 35.6 Å². The Kier molecular flexibility index (Phi) is 7.14. The smallest absolute Gasteiger partial charge is 0.235 e. The molecule has 11 rings (SSSR count). The van der Waals surface area contributed by atoms with E-state index in [-0.39, 0.29) is 0 Å². The molecule has 6 radical (unpaired) electrons. The minimum Gasteiger partial charge on any atom is -0.278 e. The van der Waals surface area contributed by atoms with Crippen LogP contribution in [0, 0.1) is 0 Å². The highest BCUT2D eigenvalue weighted by Gasteiger charge is 2.39. The fourth-order valence-corrected chi connectivity index (χ4v) is 12.1. The van der Waals surface area contributed by atoms with Crippen molar-refractivity contribution in [1.29, 1.82) is 0 Å². The first kappa shape index (κ1) is 31.8. The third kappa shape index (κ3) is 4.68. The van der Waals surface area contributed by atoms with Crippen molar-refractivity contribution in [2.24, 2.45) is 0 Å². The molecule has 3 heterocycles. The van der Waals surface area contributed by atoms with Crippen molar-refractivity contribution in [3.63, 3.8) is 0 Å². The van der Waals surface area contributed by atoms with E-state index < -0.39 is 8.07 Å². The SMILES string of the molecule is [B]c1cc([B])c(-c2nc(N3c4c(c5ccccc5c5c4sc4ccccc45)-c4cc5ccccc5cc4P3c3ccccc3)nc3ccccc23)c([B])c1. The third-order valence-corrected chi connectivity index (χ3v) is 14.1. The van der Waals surface area contributed by atoms with Crippen molar-refractivity contribution >= 4 is 134 Å². The summed E-state index contributed by atoms with van der Waals surface area (Å²) in [6.07, 6.45) is 0. The summed E-state index contributed by atoms with van der Waals surface area (Å²) in [5.41, 5.74) is 7.12. The Labute approximate surface area is 321 Å². The zero-order chi connectivity index (χ0) is 36.1. The normalized spacial score (nSPS) is 13.9. The van der Waals surface area contributed by atoms with Crippen LogP contribution in [-0.2, 0) is 0 Å². The molecular weight excluding hydrogens is 690 g/mol. The van der Waals surface area contributed by atoms with Gasteiger partial charge in [-0.05, 0) is 56.9 Å². The topological polar surface area (TPSA) is 29.0 Å². The highest BCUT2D eigenvalue weighted by molar-refractivity contribution is 7.75. The van der Waals surface area contributed by atoms with Crippen molar-refractivity contribution in [1.82, 2.24) is 9.97 Å². The largest absolute Gasteiger partial charge is 0.278 e. The van der Waals surface area contributed by atoms with Gasteiger partial charge in [0.05, 0.1) is 29.7 Å². The van der Waals surface area contributed by atoms with E-state index in [1.165, 1.54) is 63.5 Å². The number of aromatic nitrogens is 2. The first-order valence-corrected chi connectivity index (χ1v) is 19.9. The molecule has 1 aliphatic rings. The molecule has 8 aromatic carbocycles. The summed E-state index contributed by atoms with van der Waals surface area (Å²) < 4.78 is 4.89. The molecule has 0 bridgehead atoms. The lowest BCUT2D eigenvalue weighted by Gasteiger charge is -2.40. The molecule has 10 aromatic rings. The van der Waals surface area contributed by atoms with E-state index in [4.69, 9.17) is 33.5 Å². The monoisotopic (exact) mass is 715 g/mol. The summed E-state index contributed by atoms with van der Waals surface area (Å²) in [5, 5.41) is 10.6. The summed E-state index contributed by atoms with van der Waals surface area (Å²) in [6.45, 7) is 0. The molecule has 2 aromatic heterocycles. The summed E-state index contributed by atoms with van der Waals surface area (Å²) >= 11 is 1.84. The first-order valence-electron chi connectivity index (χ1n) is 17.8. The molecular formula is C46H25B3N3PS. The van der Waals surface area contributed by atoms with Gasteiger partial charge >= 0.3 is 0 Å². The van der Waals surface area contributed by atoms with Crippen LogP contribution >= 0.6 is 19.4 Å². The number of hydrogen-bond donors (Lipinski definition) is 0. The van der Waals surface area contributed by atoms with E-state index in [0.717, 1.165) is 16.6 Å². The van der Waals surface area contributed by atoms with Gasteiger partial charge in [0.2, 0.25) is 5.95 Å². The van der Waals surface area contributed by atoms with Gasteiger partial charge < -0.3 is 0 Å². The number of benzene rings is 8. The summed E-state index contributed by atoms with van der Waals surface area (Å²) in [7, 11) is 18.4. The van der Waals surface area contributed by atoms with Gasteiger partial charge in [-0.15, -0.1) is 11.3 Å². The molecule has 0 fully saturated rings. The van der Waals surface area contributed by atoms with Gasteiger partial charge in [0.1, 0.15) is 23.5 Å². The van der Waals surface area contributed by atoms with Gasteiger partial charge in [0.15, 0.2) is 0 Å². The molecule has 3 nitrogen and oxygen atoms in total. The molecule has 8 heteroatoms. The lowest BCUT2D eigenvalue weighted by molar-refractivity contribution is 1.17. The zero-order valence-electron chi connectivity index (χ0n) is 28.9. The maximum Gasteiger partial charge on any atom is 0.235 e. The fourth-order valence-electron chi connectivity index (χ4n) is 8.27. The molecule has 1 unspecified atom stereocenters.